The van der Waals surface area contributed by atoms with Crippen LogP contribution in [-0.2, 0) is 4.74 Å². The van der Waals surface area contributed by atoms with Crippen molar-refractivity contribution in [3.05, 3.63) is 22.3 Å². The van der Waals surface area contributed by atoms with Gasteiger partial charge in [-0.1, -0.05) is 11.6 Å². The van der Waals surface area contributed by atoms with Gasteiger partial charge < -0.3 is 10.1 Å². The summed E-state index contributed by atoms with van der Waals surface area (Å²) in [4.78, 5) is 24.4. The standard InChI is InChI=1S/C16H17ClF2N4O2S/c1-2-25-15(24)10-8-26-14(21-10)13-22-11(17)7-12(23-13)20-9-3-5-16(18,19)6-4-9/h7-9H,2-6H2,1H3,(H,20,22,23). The average molecular weight is 403 g/mol. The number of rotatable bonds is 5. The molecule has 2 aromatic heterocycles. The van der Waals surface area contributed by atoms with Crippen molar-refractivity contribution in [1.82, 2.24) is 15.0 Å². The topological polar surface area (TPSA) is 77.0 Å². The van der Waals surface area contributed by atoms with Gasteiger partial charge in [0.1, 0.15) is 11.0 Å². The Bertz CT molecular complexity index is 792. The van der Waals surface area contributed by atoms with Gasteiger partial charge in [-0.2, -0.15) is 0 Å². The first-order valence-corrected chi connectivity index (χ1v) is 9.44. The van der Waals surface area contributed by atoms with E-state index in [1.54, 1.807) is 12.3 Å². The van der Waals surface area contributed by atoms with Gasteiger partial charge in [-0.05, 0) is 19.8 Å². The number of ether oxygens (including phenoxy) is 1. The molecule has 1 fully saturated rings. The molecule has 0 bridgehead atoms. The van der Waals surface area contributed by atoms with Gasteiger partial charge >= 0.3 is 5.97 Å². The third kappa shape index (κ3) is 4.64. The van der Waals surface area contributed by atoms with Gasteiger partial charge in [0.05, 0.1) is 6.61 Å². The highest BCUT2D eigenvalue weighted by Gasteiger charge is 2.35. The number of halogens is 3. The van der Waals surface area contributed by atoms with Crippen LogP contribution in [-0.4, -0.2) is 39.5 Å². The van der Waals surface area contributed by atoms with E-state index in [-0.39, 0.29) is 42.2 Å². The van der Waals surface area contributed by atoms with E-state index in [9.17, 15) is 13.6 Å². The molecule has 0 aliphatic heterocycles. The fourth-order valence-electron chi connectivity index (χ4n) is 2.66. The summed E-state index contributed by atoms with van der Waals surface area (Å²) in [7, 11) is 0. The van der Waals surface area contributed by atoms with Crippen LogP contribution in [0, 0.1) is 0 Å². The van der Waals surface area contributed by atoms with E-state index in [2.05, 4.69) is 20.3 Å². The van der Waals surface area contributed by atoms with E-state index in [0.717, 1.165) is 0 Å². The Morgan fingerprint density at radius 3 is 2.81 bits per heavy atom. The van der Waals surface area contributed by atoms with Gasteiger partial charge in [0.25, 0.3) is 0 Å². The molecular formula is C16H17ClF2N4O2S. The Hall–Kier alpha value is -1.87. The van der Waals surface area contributed by atoms with Crippen molar-refractivity contribution in [3.63, 3.8) is 0 Å². The van der Waals surface area contributed by atoms with E-state index < -0.39 is 11.9 Å². The van der Waals surface area contributed by atoms with Gasteiger partial charge in [-0.25, -0.2) is 28.5 Å². The maximum atomic E-state index is 13.3. The number of thiazole rings is 1. The van der Waals surface area contributed by atoms with Crippen LogP contribution in [0.15, 0.2) is 11.4 Å². The predicted molar refractivity (Wildman–Crippen MR) is 94.9 cm³/mol. The molecule has 1 saturated carbocycles. The van der Waals surface area contributed by atoms with Crippen LogP contribution >= 0.6 is 22.9 Å². The SMILES string of the molecule is CCOC(=O)c1csc(-c2nc(Cl)cc(NC3CCC(F)(F)CC3)n2)n1. The molecule has 0 aromatic carbocycles. The first kappa shape index (κ1) is 18.9. The number of alkyl halides is 2. The van der Waals surface area contributed by atoms with Crippen LogP contribution in [0.3, 0.4) is 0 Å². The van der Waals surface area contributed by atoms with Crippen molar-refractivity contribution in [2.75, 3.05) is 11.9 Å². The van der Waals surface area contributed by atoms with Crippen molar-refractivity contribution >= 4 is 34.7 Å². The fraction of sp³-hybridized carbons (Fsp3) is 0.500. The third-order valence-electron chi connectivity index (χ3n) is 3.94. The average Bonchev–Trinajstić information content (AvgIpc) is 3.07. The van der Waals surface area contributed by atoms with Crippen LogP contribution in [0.2, 0.25) is 5.15 Å². The van der Waals surface area contributed by atoms with Crippen molar-refractivity contribution < 1.29 is 18.3 Å². The highest BCUT2D eigenvalue weighted by molar-refractivity contribution is 7.13. The first-order valence-electron chi connectivity index (χ1n) is 8.18. The zero-order chi connectivity index (χ0) is 18.7. The fourth-order valence-corrected chi connectivity index (χ4v) is 3.56. The van der Waals surface area contributed by atoms with Gasteiger partial charge in [0.15, 0.2) is 16.5 Å². The zero-order valence-electron chi connectivity index (χ0n) is 14.0. The van der Waals surface area contributed by atoms with Crippen molar-refractivity contribution in [2.24, 2.45) is 0 Å². The smallest absolute Gasteiger partial charge is 0.357 e. The molecule has 2 heterocycles. The Morgan fingerprint density at radius 2 is 2.12 bits per heavy atom. The Morgan fingerprint density at radius 1 is 1.38 bits per heavy atom. The lowest BCUT2D eigenvalue weighted by Gasteiger charge is -2.29. The lowest BCUT2D eigenvalue weighted by Crippen LogP contribution is -2.32. The minimum atomic E-state index is -2.59. The third-order valence-corrected chi connectivity index (χ3v) is 4.98. The quantitative estimate of drug-likeness (QED) is 0.589. The van der Waals surface area contributed by atoms with Crippen LogP contribution in [0.1, 0.15) is 43.1 Å². The molecule has 26 heavy (non-hydrogen) atoms. The van der Waals surface area contributed by atoms with E-state index in [1.165, 1.54) is 17.4 Å². The van der Waals surface area contributed by atoms with E-state index >= 15 is 0 Å². The summed E-state index contributed by atoms with van der Waals surface area (Å²) < 4.78 is 31.4. The number of nitrogens with one attached hydrogen (secondary N) is 1. The number of esters is 1. The molecule has 0 spiro atoms. The molecule has 1 aliphatic carbocycles. The molecule has 0 radical (unpaired) electrons. The Kier molecular flexibility index (Phi) is 5.67. The summed E-state index contributed by atoms with van der Waals surface area (Å²) in [5, 5.41) is 5.32. The van der Waals surface area contributed by atoms with Crippen molar-refractivity contribution in [1.29, 1.82) is 0 Å². The Balaban J connectivity index is 1.75. The molecule has 0 atom stereocenters. The van der Waals surface area contributed by atoms with Gasteiger partial charge in [-0.15, -0.1) is 11.3 Å². The molecule has 0 unspecified atom stereocenters. The second kappa shape index (κ2) is 7.79. The molecule has 6 nitrogen and oxygen atoms in total. The lowest BCUT2D eigenvalue weighted by atomic mass is 9.92. The first-order chi connectivity index (χ1) is 12.4. The number of carbonyl (C=O) groups excluding carboxylic acids is 1. The highest BCUT2D eigenvalue weighted by atomic mass is 35.5. The normalized spacial score (nSPS) is 17.1. The number of nitrogens with zero attached hydrogens (tertiary/aromatic N) is 3. The summed E-state index contributed by atoms with van der Waals surface area (Å²) in [6.45, 7) is 1.97. The van der Waals surface area contributed by atoms with Gasteiger partial charge in [0, 0.05) is 30.3 Å². The largest absolute Gasteiger partial charge is 0.461 e. The van der Waals surface area contributed by atoms with Crippen molar-refractivity contribution in [2.45, 2.75) is 44.6 Å². The van der Waals surface area contributed by atoms with Gasteiger partial charge in [-0.3, -0.25) is 0 Å². The summed E-state index contributed by atoms with van der Waals surface area (Å²) >= 11 is 7.25. The van der Waals surface area contributed by atoms with E-state index in [0.29, 0.717) is 23.7 Å². The maximum absolute atomic E-state index is 13.3. The summed E-state index contributed by atoms with van der Waals surface area (Å²) in [5.41, 5.74) is 0.180. The van der Waals surface area contributed by atoms with E-state index in [1.807, 2.05) is 0 Å². The van der Waals surface area contributed by atoms with E-state index in [4.69, 9.17) is 16.3 Å². The monoisotopic (exact) mass is 402 g/mol. The Labute approximate surface area is 158 Å². The van der Waals surface area contributed by atoms with Crippen LogP contribution in [0.4, 0.5) is 14.6 Å². The van der Waals surface area contributed by atoms with Crippen LogP contribution in [0.5, 0.6) is 0 Å². The molecule has 0 amide bonds. The maximum Gasteiger partial charge on any atom is 0.357 e. The molecule has 0 saturated heterocycles. The molecule has 1 N–H and O–H groups in total. The number of aromatic nitrogens is 3. The molecule has 10 heteroatoms. The number of hydrogen-bond donors (Lipinski definition) is 1. The van der Waals surface area contributed by atoms with Crippen LogP contribution in [0.25, 0.3) is 10.8 Å². The number of hydrogen-bond acceptors (Lipinski definition) is 7. The second-order valence-corrected chi connectivity index (χ2v) is 7.18. The minimum absolute atomic E-state index is 0.0974. The number of carbonyl (C=O) groups is 1. The van der Waals surface area contributed by atoms with Crippen LogP contribution < -0.4 is 5.32 Å². The minimum Gasteiger partial charge on any atom is -0.461 e. The van der Waals surface area contributed by atoms with Gasteiger partial charge in [0.2, 0.25) is 5.92 Å². The lowest BCUT2D eigenvalue weighted by molar-refractivity contribution is -0.0361. The summed E-state index contributed by atoms with van der Waals surface area (Å²) in [6, 6.07) is 1.44. The summed E-state index contributed by atoms with van der Waals surface area (Å²) in [6.07, 6.45) is 0.417. The second-order valence-electron chi connectivity index (χ2n) is 5.93. The molecule has 3 rings (SSSR count). The number of anilines is 1. The highest BCUT2D eigenvalue weighted by Crippen LogP contribution is 2.34. The molecular weight excluding hydrogens is 386 g/mol. The predicted octanol–water partition coefficient (Wildman–Crippen LogP) is 4.42. The van der Waals surface area contributed by atoms with Crippen molar-refractivity contribution in [3.8, 4) is 10.8 Å². The summed E-state index contributed by atoms with van der Waals surface area (Å²) in [5.74, 6) is -2.39. The zero-order valence-corrected chi connectivity index (χ0v) is 15.5. The molecule has 1 aliphatic rings. The molecule has 2 aromatic rings. The molecule has 140 valence electrons.